The van der Waals surface area contributed by atoms with E-state index < -0.39 is 11.7 Å². The van der Waals surface area contributed by atoms with Crippen LogP contribution in [-0.2, 0) is 6.18 Å². The summed E-state index contributed by atoms with van der Waals surface area (Å²) in [7, 11) is 0. The van der Waals surface area contributed by atoms with Gasteiger partial charge in [-0.15, -0.1) is 0 Å². The van der Waals surface area contributed by atoms with E-state index in [1.54, 1.807) is 0 Å². The molecule has 1 heterocycles. The SMILES string of the molecule is CC(C)NCCNc1ccc(C(F)(F)F)cn1. The van der Waals surface area contributed by atoms with Crippen LogP contribution in [0.4, 0.5) is 19.0 Å². The standard InChI is InChI=1S/C11H16F3N3/c1-8(2)15-5-6-16-10-4-3-9(7-17-10)11(12,13)14/h3-4,7-8,15H,5-6H2,1-2H3,(H,16,17). The normalized spacial score (nSPS) is 11.9. The van der Waals surface area contributed by atoms with Crippen molar-refractivity contribution in [3.05, 3.63) is 23.9 Å². The number of rotatable bonds is 5. The van der Waals surface area contributed by atoms with Gasteiger partial charge in [0.15, 0.2) is 0 Å². The molecule has 1 aromatic heterocycles. The number of nitrogens with zero attached hydrogens (tertiary/aromatic N) is 1. The Balaban J connectivity index is 2.41. The highest BCUT2D eigenvalue weighted by atomic mass is 19.4. The molecular formula is C11H16F3N3. The number of hydrogen-bond acceptors (Lipinski definition) is 3. The molecule has 1 rings (SSSR count). The first kappa shape index (κ1) is 13.8. The van der Waals surface area contributed by atoms with E-state index in [0.717, 1.165) is 18.8 Å². The average Bonchev–Trinajstić information content (AvgIpc) is 2.23. The lowest BCUT2D eigenvalue weighted by Crippen LogP contribution is -2.28. The van der Waals surface area contributed by atoms with Crippen molar-refractivity contribution >= 4 is 5.82 Å². The lowest BCUT2D eigenvalue weighted by Gasteiger charge is -2.10. The van der Waals surface area contributed by atoms with Crippen LogP contribution in [0.3, 0.4) is 0 Å². The van der Waals surface area contributed by atoms with Crippen LogP contribution in [0, 0.1) is 0 Å². The summed E-state index contributed by atoms with van der Waals surface area (Å²) in [5.74, 6) is 0.448. The van der Waals surface area contributed by atoms with Crippen molar-refractivity contribution in [2.75, 3.05) is 18.4 Å². The Morgan fingerprint density at radius 2 is 1.94 bits per heavy atom. The first-order chi connectivity index (χ1) is 7.89. The van der Waals surface area contributed by atoms with Crippen molar-refractivity contribution in [1.29, 1.82) is 0 Å². The summed E-state index contributed by atoms with van der Waals surface area (Å²) in [6, 6.07) is 2.74. The van der Waals surface area contributed by atoms with E-state index in [0.29, 0.717) is 18.4 Å². The first-order valence-corrected chi connectivity index (χ1v) is 5.40. The summed E-state index contributed by atoms with van der Waals surface area (Å²) in [4.78, 5) is 3.70. The minimum Gasteiger partial charge on any atom is -0.369 e. The van der Waals surface area contributed by atoms with Gasteiger partial charge in [-0.1, -0.05) is 13.8 Å². The van der Waals surface area contributed by atoms with Crippen molar-refractivity contribution in [3.63, 3.8) is 0 Å². The fourth-order valence-corrected chi connectivity index (χ4v) is 1.22. The molecule has 0 spiro atoms. The summed E-state index contributed by atoms with van der Waals surface area (Å²) in [5.41, 5.74) is -0.733. The zero-order valence-electron chi connectivity index (χ0n) is 9.80. The summed E-state index contributed by atoms with van der Waals surface area (Å²) in [6.45, 7) is 5.41. The molecular weight excluding hydrogens is 231 g/mol. The van der Waals surface area contributed by atoms with E-state index in [2.05, 4.69) is 15.6 Å². The molecule has 0 atom stereocenters. The molecule has 0 unspecified atom stereocenters. The molecule has 0 saturated heterocycles. The van der Waals surface area contributed by atoms with Crippen LogP contribution in [-0.4, -0.2) is 24.1 Å². The largest absolute Gasteiger partial charge is 0.417 e. The molecule has 0 fully saturated rings. The molecule has 1 aromatic rings. The second kappa shape index (κ2) is 5.86. The topological polar surface area (TPSA) is 37.0 Å². The van der Waals surface area contributed by atoms with E-state index in [1.807, 2.05) is 13.8 Å². The van der Waals surface area contributed by atoms with Gasteiger partial charge in [-0.3, -0.25) is 0 Å². The van der Waals surface area contributed by atoms with Crippen molar-refractivity contribution in [2.24, 2.45) is 0 Å². The van der Waals surface area contributed by atoms with Gasteiger partial charge in [0, 0.05) is 25.3 Å². The second-order valence-electron chi connectivity index (χ2n) is 3.97. The number of hydrogen-bond donors (Lipinski definition) is 2. The Morgan fingerprint density at radius 1 is 1.24 bits per heavy atom. The van der Waals surface area contributed by atoms with Gasteiger partial charge in [0.1, 0.15) is 5.82 Å². The van der Waals surface area contributed by atoms with Crippen LogP contribution in [0.25, 0.3) is 0 Å². The van der Waals surface area contributed by atoms with E-state index in [-0.39, 0.29) is 0 Å². The fraction of sp³-hybridized carbons (Fsp3) is 0.545. The van der Waals surface area contributed by atoms with Gasteiger partial charge in [-0.2, -0.15) is 13.2 Å². The Morgan fingerprint density at radius 3 is 2.41 bits per heavy atom. The van der Waals surface area contributed by atoms with Gasteiger partial charge in [-0.25, -0.2) is 4.98 Å². The van der Waals surface area contributed by atoms with E-state index in [1.165, 1.54) is 6.07 Å². The van der Waals surface area contributed by atoms with Crippen LogP contribution in [0.15, 0.2) is 18.3 Å². The van der Waals surface area contributed by atoms with Crippen LogP contribution in [0.5, 0.6) is 0 Å². The number of alkyl halides is 3. The zero-order valence-corrected chi connectivity index (χ0v) is 9.80. The van der Waals surface area contributed by atoms with Gasteiger partial charge >= 0.3 is 6.18 Å². The molecule has 0 aliphatic carbocycles. The van der Waals surface area contributed by atoms with Gasteiger partial charge in [-0.05, 0) is 12.1 Å². The molecule has 0 aliphatic heterocycles. The maximum atomic E-state index is 12.2. The third-order valence-corrected chi connectivity index (χ3v) is 2.07. The minimum atomic E-state index is -4.33. The number of anilines is 1. The van der Waals surface area contributed by atoms with Crippen LogP contribution < -0.4 is 10.6 Å². The predicted octanol–water partition coefficient (Wildman–Crippen LogP) is 2.51. The maximum absolute atomic E-state index is 12.2. The Hall–Kier alpha value is -1.30. The predicted molar refractivity (Wildman–Crippen MR) is 60.9 cm³/mol. The van der Waals surface area contributed by atoms with Crippen molar-refractivity contribution in [2.45, 2.75) is 26.1 Å². The van der Waals surface area contributed by atoms with Gasteiger partial charge in [0.05, 0.1) is 5.56 Å². The smallest absolute Gasteiger partial charge is 0.369 e. The molecule has 17 heavy (non-hydrogen) atoms. The third kappa shape index (κ3) is 5.04. The van der Waals surface area contributed by atoms with E-state index in [4.69, 9.17) is 0 Å². The highest BCUT2D eigenvalue weighted by molar-refractivity contribution is 5.36. The number of aromatic nitrogens is 1. The molecule has 0 radical (unpaired) electrons. The average molecular weight is 247 g/mol. The second-order valence-corrected chi connectivity index (χ2v) is 3.97. The number of halogens is 3. The molecule has 0 bridgehead atoms. The Bertz CT molecular complexity index is 333. The molecule has 0 aromatic carbocycles. The lowest BCUT2D eigenvalue weighted by molar-refractivity contribution is -0.137. The molecule has 6 heteroatoms. The first-order valence-electron chi connectivity index (χ1n) is 5.40. The summed E-state index contributed by atoms with van der Waals surface area (Å²) in [5, 5.41) is 6.12. The summed E-state index contributed by atoms with van der Waals surface area (Å²) >= 11 is 0. The highest BCUT2D eigenvalue weighted by Crippen LogP contribution is 2.28. The highest BCUT2D eigenvalue weighted by Gasteiger charge is 2.30. The van der Waals surface area contributed by atoms with Crippen molar-refractivity contribution in [3.8, 4) is 0 Å². The van der Waals surface area contributed by atoms with Crippen molar-refractivity contribution in [1.82, 2.24) is 10.3 Å². The molecule has 0 saturated carbocycles. The van der Waals surface area contributed by atoms with E-state index in [9.17, 15) is 13.2 Å². The van der Waals surface area contributed by atoms with Crippen LogP contribution in [0.2, 0.25) is 0 Å². The molecule has 2 N–H and O–H groups in total. The third-order valence-electron chi connectivity index (χ3n) is 2.07. The minimum absolute atomic E-state index is 0.386. The number of pyridine rings is 1. The quantitative estimate of drug-likeness (QED) is 0.785. The van der Waals surface area contributed by atoms with Gasteiger partial charge < -0.3 is 10.6 Å². The molecule has 96 valence electrons. The Kier molecular flexibility index (Phi) is 4.74. The van der Waals surface area contributed by atoms with Gasteiger partial charge in [0.25, 0.3) is 0 Å². The molecule has 3 nitrogen and oxygen atoms in total. The zero-order chi connectivity index (χ0) is 12.9. The van der Waals surface area contributed by atoms with Crippen molar-refractivity contribution < 1.29 is 13.2 Å². The molecule has 0 aliphatic rings. The summed E-state index contributed by atoms with van der Waals surface area (Å²) < 4.78 is 36.7. The maximum Gasteiger partial charge on any atom is 0.417 e. The fourth-order valence-electron chi connectivity index (χ4n) is 1.22. The van der Waals surface area contributed by atoms with Crippen LogP contribution in [0.1, 0.15) is 19.4 Å². The molecule has 0 amide bonds. The monoisotopic (exact) mass is 247 g/mol. The Labute approximate surface area is 98.4 Å². The van der Waals surface area contributed by atoms with E-state index >= 15 is 0 Å². The van der Waals surface area contributed by atoms with Gasteiger partial charge in [0.2, 0.25) is 0 Å². The van der Waals surface area contributed by atoms with Crippen LogP contribution >= 0.6 is 0 Å². The lowest BCUT2D eigenvalue weighted by atomic mass is 10.3. The number of nitrogens with one attached hydrogen (secondary N) is 2. The summed E-state index contributed by atoms with van der Waals surface area (Å²) in [6.07, 6.45) is -3.50.